The number of anilines is 1. The first-order valence-electron chi connectivity index (χ1n) is 7.55. The highest BCUT2D eigenvalue weighted by atomic mass is 19.4. The first kappa shape index (κ1) is 19.0. The monoisotopic (exact) mass is 360 g/mol. The van der Waals surface area contributed by atoms with Crippen LogP contribution in [-0.4, -0.2) is 39.9 Å². The second-order valence-electron chi connectivity index (χ2n) is 6.43. The number of hydrogen-bond donors (Lipinski definition) is 2. The third-order valence-corrected chi connectivity index (χ3v) is 4.27. The Kier molecular flexibility index (Phi) is 4.73. The Morgan fingerprint density at radius 2 is 1.96 bits per heavy atom. The van der Waals surface area contributed by atoms with Crippen molar-refractivity contribution in [1.82, 2.24) is 4.90 Å². The predicted octanol–water partition coefficient (Wildman–Crippen LogP) is 2.97. The van der Waals surface area contributed by atoms with E-state index < -0.39 is 35.1 Å². The Balaban J connectivity index is 1.99. The van der Waals surface area contributed by atoms with Crippen LogP contribution >= 0.6 is 0 Å². The number of amides is 2. The fraction of sp³-hybridized carbons (Fsp3) is 0.500. The molecule has 0 aromatic heterocycles. The normalized spacial score (nSPS) is 22.7. The summed E-state index contributed by atoms with van der Waals surface area (Å²) in [6.07, 6.45) is -5.48. The number of nitrogens with zero attached hydrogens (tertiary/aromatic N) is 1. The van der Waals surface area contributed by atoms with Gasteiger partial charge in [0, 0.05) is 18.7 Å². The van der Waals surface area contributed by atoms with E-state index in [0.717, 1.165) is 17.0 Å². The van der Waals surface area contributed by atoms with Crippen molar-refractivity contribution in [3.05, 3.63) is 29.8 Å². The van der Waals surface area contributed by atoms with Gasteiger partial charge in [0.2, 0.25) is 5.91 Å². The van der Waals surface area contributed by atoms with Gasteiger partial charge in [-0.25, -0.2) is 4.79 Å². The number of cyclic esters (lactones) is 1. The van der Waals surface area contributed by atoms with Crippen molar-refractivity contribution in [3.63, 3.8) is 0 Å². The fourth-order valence-corrected chi connectivity index (χ4v) is 2.39. The Hall–Kier alpha value is -2.29. The van der Waals surface area contributed by atoms with Gasteiger partial charge in [-0.05, 0) is 39.0 Å². The van der Waals surface area contributed by atoms with Crippen molar-refractivity contribution in [2.24, 2.45) is 0 Å². The summed E-state index contributed by atoms with van der Waals surface area (Å²) < 4.78 is 43.0. The third kappa shape index (κ3) is 3.87. The van der Waals surface area contributed by atoms with Gasteiger partial charge in [-0.2, -0.15) is 13.2 Å². The molecule has 138 valence electrons. The van der Waals surface area contributed by atoms with Crippen LogP contribution < -0.4 is 5.32 Å². The van der Waals surface area contributed by atoms with Crippen LogP contribution in [0.4, 0.5) is 23.7 Å². The number of carbonyl (C=O) groups is 2. The lowest BCUT2D eigenvalue weighted by Gasteiger charge is -2.34. The number of carbonyl (C=O) groups excluding carboxylic acids is 2. The van der Waals surface area contributed by atoms with Crippen LogP contribution in [0.3, 0.4) is 0 Å². The molecule has 2 rings (SSSR count). The van der Waals surface area contributed by atoms with Crippen molar-refractivity contribution in [3.8, 4) is 0 Å². The quantitative estimate of drug-likeness (QED) is 0.865. The van der Waals surface area contributed by atoms with Gasteiger partial charge >= 0.3 is 12.3 Å². The summed E-state index contributed by atoms with van der Waals surface area (Å²) in [7, 11) is 0. The maximum atomic E-state index is 12.7. The second kappa shape index (κ2) is 6.21. The molecule has 0 bridgehead atoms. The highest BCUT2D eigenvalue weighted by Crippen LogP contribution is 2.37. The molecule has 1 unspecified atom stereocenters. The number of alkyl halides is 3. The maximum absolute atomic E-state index is 12.7. The van der Waals surface area contributed by atoms with Gasteiger partial charge in [0.1, 0.15) is 0 Å². The van der Waals surface area contributed by atoms with Crippen LogP contribution in [0.1, 0.15) is 32.8 Å². The van der Waals surface area contributed by atoms with Gasteiger partial charge in [-0.15, -0.1) is 0 Å². The van der Waals surface area contributed by atoms with Crippen LogP contribution in [0.2, 0.25) is 0 Å². The molecule has 2 amide bonds. The van der Waals surface area contributed by atoms with Gasteiger partial charge in [-0.3, -0.25) is 9.69 Å². The lowest BCUT2D eigenvalue weighted by Crippen LogP contribution is -2.54. The molecule has 9 heteroatoms. The number of aliphatic hydroxyl groups is 1. The lowest BCUT2D eigenvalue weighted by molar-refractivity contribution is -0.137. The van der Waals surface area contributed by atoms with E-state index in [1.165, 1.54) is 32.9 Å². The SMILES string of the molecule is CC1(C)OC(=O)N(CCC(=O)Nc2cccc(C(F)(F)F)c2)C1(C)O. The minimum Gasteiger partial charge on any atom is -0.438 e. The largest absolute Gasteiger partial charge is 0.438 e. The van der Waals surface area contributed by atoms with E-state index >= 15 is 0 Å². The highest BCUT2D eigenvalue weighted by molar-refractivity contribution is 5.91. The van der Waals surface area contributed by atoms with E-state index in [9.17, 15) is 27.9 Å². The highest BCUT2D eigenvalue weighted by Gasteiger charge is 2.56. The van der Waals surface area contributed by atoms with E-state index in [0.29, 0.717) is 0 Å². The van der Waals surface area contributed by atoms with E-state index in [2.05, 4.69) is 5.32 Å². The van der Waals surface area contributed by atoms with Crippen molar-refractivity contribution in [2.45, 2.75) is 44.7 Å². The first-order chi connectivity index (χ1) is 11.3. The molecule has 6 nitrogen and oxygen atoms in total. The summed E-state index contributed by atoms with van der Waals surface area (Å²) in [5.74, 6) is -0.590. The number of benzene rings is 1. The zero-order chi connectivity index (χ0) is 19.0. The number of rotatable bonds is 4. The van der Waals surface area contributed by atoms with E-state index in [-0.39, 0.29) is 18.7 Å². The van der Waals surface area contributed by atoms with Gasteiger partial charge in [0.25, 0.3) is 0 Å². The van der Waals surface area contributed by atoms with Crippen molar-refractivity contribution in [2.75, 3.05) is 11.9 Å². The molecule has 0 saturated carbocycles. The van der Waals surface area contributed by atoms with Crippen LogP contribution in [-0.2, 0) is 15.7 Å². The molecule has 1 aromatic carbocycles. The van der Waals surface area contributed by atoms with Gasteiger partial charge in [0.15, 0.2) is 11.3 Å². The Bertz CT molecular complexity index is 686. The molecule has 1 aromatic rings. The lowest BCUT2D eigenvalue weighted by atomic mass is 9.96. The number of nitrogens with one attached hydrogen (secondary N) is 1. The maximum Gasteiger partial charge on any atom is 0.416 e. The molecular formula is C16H19F3N2O4. The molecule has 2 N–H and O–H groups in total. The van der Waals surface area contributed by atoms with Gasteiger partial charge in [0.05, 0.1) is 5.56 Å². The molecule has 25 heavy (non-hydrogen) atoms. The summed E-state index contributed by atoms with van der Waals surface area (Å²) in [5, 5.41) is 12.7. The summed E-state index contributed by atoms with van der Waals surface area (Å²) >= 11 is 0. The van der Waals surface area contributed by atoms with E-state index in [1.54, 1.807) is 0 Å². The molecule has 1 aliphatic rings. The Labute approximate surface area is 142 Å². The number of ether oxygens (including phenoxy) is 1. The number of halogens is 3. The van der Waals surface area contributed by atoms with Crippen LogP contribution in [0.15, 0.2) is 24.3 Å². The smallest absolute Gasteiger partial charge is 0.416 e. The Morgan fingerprint density at radius 1 is 1.32 bits per heavy atom. The summed E-state index contributed by atoms with van der Waals surface area (Å²) in [4.78, 5) is 24.8. The van der Waals surface area contributed by atoms with Crippen LogP contribution in [0.25, 0.3) is 0 Å². The molecule has 1 aliphatic heterocycles. The molecule has 1 atom stereocenters. The van der Waals surface area contributed by atoms with Gasteiger partial charge < -0.3 is 15.2 Å². The predicted molar refractivity (Wildman–Crippen MR) is 82.6 cm³/mol. The molecular weight excluding hydrogens is 341 g/mol. The molecule has 1 saturated heterocycles. The number of hydrogen-bond acceptors (Lipinski definition) is 4. The molecule has 1 heterocycles. The van der Waals surface area contributed by atoms with E-state index in [4.69, 9.17) is 4.74 Å². The standard InChI is InChI=1S/C16H19F3N2O4/c1-14(2)15(3,24)21(13(23)25-14)8-7-12(22)20-11-6-4-5-10(9-11)16(17,18)19/h4-6,9,24H,7-8H2,1-3H3,(H,20,22). The summed E-state index contributed by atoms with van der Waals surface area (Å²) in [5.41, 5.74) is -3.64. The molecule has 0 spiro atoms. The topological polar surface area (TPSA) is 78.9 Å². The van der Waals surface area contributed by atoms with Crippen molar-refractivity contribution < 1.29 is 32.6 Å². The third-order valence-electron chi connectivity index (χ3n) is 4.27. The zero-order valence-corrected chi connectivity index (χ0v) is 14.0. The van der Waals surface area contributed by atoms with Crippen molar-refractivity contribution >= 4 is 17.7 Å². The van der Waals surface area contributed by atoms with Gasteiger partial charge in [-0.1, -0.05) is 6.07 Å². The fourth-order valence-electron chi connectivity index (χ4n) is 2.39. The summed E-state index contributed by atoms with van der Waals surface area (Å²) in [6, 6.07) is 4.23. The second-order valence-corrected chi connectivity index (χ2v) is 6.43. The molecule has 0 aliphatic carbocycles. The minimum absolute atomic E-state index is 0.00378. The summed E-state index contributed by atoms with van der Waals surface area (Å²) in [6.45, 7) is 4.32. The van der Waals surface area contributed by atoms with Crippen molar-refractivity contribution in [1.29, 1.82) is 0 Å². The first-order valence-corrected chi connectivity index (χ1v) is 7.55. The van der Waals surface area contributed by atoms with Crippen LogP contribution in [0, 0.1) is 0 Å². The van der Waals surface area contributed by atoms with Crippen LogP contribution in [0.5, 0.6) is 0 Å². The minimum atomic E-state index is -4.51. The van der Waals surface area contributed by atoms with E-state index in [1.807, 2.05) is 0 Å². The average molecular weight is 360 g/mol. The molecule has 0 radical (unpaired) electrons. The molecule has 1 fully saturated rings. The average Bonchev–Trinajstić information content (AvgIpc) is 2.60. The Morgan fingerprint density at radius 3 is 2.48 bits per heavy atom. The zero-order valence-electron chi connectivity index (χ0n) is 14.0.